The van der Waals surface area contributed by atoms with Gasteiger partial charge in [-0.1, -0.05) is 28.1 Å². The predicted molar refractivity (Wildman–Crippen MR) is 62.4 cm³/mol. The molecule has 1 aromatic carbocycles. The van der Waals surface area contributed by atoms with Crippen LogP contribution < -0.4 is 11.3 Å². The van der Waals surface area contributed by atoms with Gasteiger partial charge in [-0.25, -0.2) is 0 Å². The molecule has 78 valence electrons. The average molecular weight is 268 g/mol. The first-order valence-corrected chi connectivity index (χ1v) is 5.27. The van der Waals surface area contributed by atoms with Crippen molar-refractivity contribution in [1.82, 2.24) is 10.2 Å². The highest BCUT2D eigenvalue weighted by molar-refractivity contribution is 9.10. The van der Waals surface area contributed by atoms with Crippen molar-refractivity contribution in [3.63, 3.8) is 0 Å². The molecule has 4 N–H and O–H groups in total. The number of nitrogens with one attached hydrogen (secondary N) is 2. The molecule has 1 heterocycles. The van der Waals surface area contributed by atoms with Crippen molar-refractivity contribution in [3.05, 3.63) is 44.7 Å². The first kappa shape index (κ1) is 10.2. The van der Waals surface area contributed by atoms with Gasteiger partial charge in [0.05, 0.1) is 11.3 Å². The van der Waals surface area contributed by atoms with Gasteiger partial charge in [0.1, 0.15) is 0 Å². The Kier molecular flexibility index (Phi) is 2.75. The second-order valence-corrected chi connectivity index (χ2v) is 4.06. The molecule has 0 aliphatic heterocycles. The van der Waals surface area contributed by atoms with E-state index in [0.717, 1.165) is 15.7 Å². The van der Waals surface area contributed by atoms with Crippen molar-refractivity contribution >= 4 is 15.9 Å². The minimum atomic E-state index is -0.157. The number of benzene rings is 1. The van der Waals surface area contributed by atoms with E-state index in [0.29, 0.717) is 5.56 Å². The van der Waals surface area contributed by atoms with Crippen LogP contribution in [0, 0.1) is 0 Å². The third kappa shape index (κ3) is 1.88. The molecule has 2 rings (SSSR count). The van der Waals surface area contributed by atoms with Gasteiger partial charge in [-0.2, -0.15) is 0 Å². The van der Waals surface area contributed by atoms with Gasteiger partial charge < -0.3 is 5.73 Å². The molecule has 0 unspecified atom stereocenters. The molecular formula is C10H10BrN3O. The van der Waals surface area contributed by atoms with Crippen LogP contribution in [0.3, 0.4) is 0 Å². The maximum absolute atomic E-state index is 11.3. The van der Waals surface area contributed by atoms with E-state index in [1.165, 1.54) is 0 Å². The molecule has 0 bridgehead atoms. The van der Waals surface area contributed by atoms with E-state index in [2.05, 4.69) is 26.1 Å². The highest BCUT2D eigenvalue weighted by atomic mass is 79.9. The number of H-pyrrole nitrogens is 2. The lowest BCUT2D eigenvalue weighted by atomic mass is 10.1. The van der Waals surface area contributed by atoms with E-state index in [-0.39, 0.29) is 12.1 Å². The van der Waals surface area contributed by atoms with Gasteiger partial charge in [0.25, 0.3) is 5.56 Å². The molecule has 0 amide bonds. The minimum absolute atomic E-state index is 0.157. The Bertz CT molecular complexity index is 512. The highest BCUT2D eigenvalue weighted by Gasteiger charge is 2.09. The number of hydrogen-bond acceptors (Lipinski definition) is 2. The lowest BCUT2D eigenvalue weighted by molar-refractivity contribution is 1.04. The summed E-state index contributed by atoms with van der Waals surface area (Å²) >= 11 is 3.35. The third-order valence-corrected chi connectivity index (χ3v) is 2.74. The number of rotatable bonds is 2. The van der Waals surface area contributed by atoms with Gasteiger partial charge in [-0.15, -0.1) is 0 Å². The second kappa shape index (κ2) is 4.04. The molecule has 5 heteroatoms. The van der Waals surface area contributed by atoms with Crippen LogP contribution in [0.25, 0.3) is 11.3 Å². The van der Waals surface area contributed by atoms with Crippen LogP contribution in [0.2, 0.25) is 0 Å². The molecule has 1 aromatic heterocycles. The molecule has 0 saturated carbocycles. The fourth-order valence-corrected chi connectivity index (χ4v) is 1.71. The van der Waals surface area contributed by atoms with Crippen molar-refractivity contribution in [2.24, 2.45) is 5.73 Å². The van der Waals surface area contributed by atoms with Gasteiger partial charge in [0.15, 0.2) is 0 Å². The van der Waals surface area contributed by atoms with Crippen LogP contribution in [0.1, 0.15) is 5.56 Å². The average Bonchev–Trinajstić information content (AvgIpc) is 2.61. The number of hydrogen-bond donors (Lipinski definition) is 3. The van der Waals surface area contributed by atoms with Crippen LogP contribution in [-0.4, -0.2) is 10.2 Å². The van der Waals surface area contributed by atoms with Crippen LogP contribution >= 0.6 is 15.9 Å². The topological polar surface area (TPSA) is 74.7 Å². The number of aromatic amines is 2. The largest absolute Gasteiger partial charge is 0.326 e. The van der Waals surface area contributed by atoms with Crippen molar-refractivity contribution in [2.75, 3.05) is 0 Å². The van der Waals surface area contributed by atoms with E-state index in [1.807, 2.05) is 24.3 Å². The molecule has 0 fully saturated rings. The quantitative estimate of drug-likeness (QED) is 0.773. The molecule has 4 nitrogen and oxygen atoms in total. The van der Waals surface area contributed by atoms with E-state index in [9.17, 15) is 4.79 Å². The van der Waals surface area contributed by atoms with E-state index in [1.54, 1.807) is 0 Å². The molecule has 2 aromatic rings. The summed E-state index contributed by atoms with van der Waals surface area (Å²) in [5, 5.41) is 5.36. The Morgan fingerprint density at radius 3 is 2.47 bits per heavy atom. The molecule has 0 radical (unpaired) electrons. The number of nitrogens with two attached hydrogens (primary N) is 1. The molecule has 0 saturated heterocycles. The Balaban J connectivity index is 2.54. The summed E-state index contributed by atoms with van der Waals surface area (Å²) in [5.41, 5.74) is 7.64. The third-order valence-electron chi connectivity index (χ3n) is 2.21. The summed E-state index contributed by atoms with van der Waals surface area (Å²) < 4.78 is 0.999. The predicted octanol–water partition coefficient (Wildman–Crippen LogP) is 1.59. The monoisotopic (exact) mass is 267 g/mol. The molecular weight excluding hydrogens is 258 g/mol. The van der Waals surface area contributed by atoms with Crippen LogP contribution in [0.4, 0.5) is 0 Å². The fourth-order valence-electron chi connectivity index (χ4n) is 1.44. The van der Waals surface area contributed by atoms with Crippen molar-refractivity contribution < 1.29 is 0 Å². The zero-order chi connectivity index (χ0) is 10.8. The molecule has 0 spiro atoms. The summed E-state index contributed by atoms with van der Waals surface area (Å²) in [6.07, 6.45) is 0. The van der Waals surface area contributed by atoms with Gasteiger partial charge in [0.2, 0.25) is 0 Å². The number of aromatic nitrogens is 2. The lowest BCUT2D eigenvalue weighted by Gasteiger charge is -2.00. The van der Waals surface area contributed by atoms with Crippen LogP contribution in [0.5, 0.6) is 0 Å². The first-order valence-electron chi connectivity index (χ1n) is 4.48. The van der Waals surface area contributed by atoms with Gasteiger partial charge >= 0.3 is 0 Å². The first-order chi connectivity index (χ1) is 7.22. The standard InChI is InChI=1S/C10H10BrN3O/c11-7-3-1-6(2-4-7)9-8(5-12)10(15)14-13-9/h1-4H,5,12H2,(H2,13,14,15). The SMILES string of the molecule is NCc1c(-c2ccc(Br)cc2)[nH][nH]c1=O. The van der Waals surface area contributed by atoms with Gasteiger partial charge in [-0.05, 0) is 17.7 Å². The zero-order valence-corrected chi connectivity index (χ0v) is 9.47. The lowest BCUT2D eigenvalue weighted by Crippen LogP contribution is -2.10. The van der Waals surface area contributed by atoms with Crippen molar-refractivity contribution in [1.29, 1.82) is 0 Å². The van der Waals surface area contributed by atoms with Gasteiger partial charge in [0, 0.05) is 11.0 Å². The Morgan fingerprint density at radius 2 is 1.87 bits per heavy atom. The van der Waals surface area contributed by atoms with E-state index >= 15 is 0 Å². The van der Waals surface area contributed by atoms with Gasteiger partial charge in [-0.3, -0.25) is 15.0 Å². The summed E-state index contributed by atoms with van der Waals surface area (Å²) in [6, 6.07) is 7.67. The summed E-state index contributed by atoms with van der Waals surface area (Å²) in [7, 11) is 0. The summed E-state index contributed by atoms with van der Waals surface area (Å²) in [4.78, 5) is 11.3. The summed E-state index contributed by atoms with van der Waals surface area (Å²) in [6.45, 7) is 0.226. The minimum Gasteiger partial charge on any atom is -0.326 e. The Hall–Kier alpha value is -1.33. The van der Waals surface area contributed by atoms with Crippen LogP contribution in [0.15, 0.2) is 33.5 Å². The Labute approximate surface area is 94.6 Å². The molecule has 15 heavy (non-hydrogen) atoms. The second-order valence-electron chi connectivity index (χ2n) is 3.14. The Morgan fingerprint density at radius 1 is 1.20 bits per heavy atom. The van der Waals surface area contributed by atoms with E-state index < -0.39 is 0 Å². The normalized spacial score (nSPS) is 10.5. The number of halogens is 1. The molecule has 0 atom stereocenters. The maximum Gasteiger partial charge on any atom is 0.269 e. The molecule has 0 aliphatic rings. The van der Waals surface area contributed by atoms with E-state index in [4.69, 9.17) is 5.73 Å². The zero-order valence-electron chi connectivity index (χ0n) is 7.88. The highest BCUT2D eigenvalue weighted by Crippen LogP contribution is 2.20. The fraction of sp³-hybridized carbons (Fsp3) is 0.100. The van der Waals surface area contributed by atoms with Crippen molar-refractivity contribution in [2.45, 2.75) is 6.54 Å². The van der Waals surface area contributed by atoms with Crippen LogP contribution in [-0.2, 0) is 6.54 Å². The maximum atomic E-state index is 11.3. The van der Waals surface area contributed by atoms with Crippen molar-refractivity contribution in [3.8, 4) is 11.3 Å². The summed E-state index contributed by atoms with van der Waals surface area (Å²) in [5.74, 6) is 0. The smallest absolute Gasteiger partial charge is 0.269 e. The molecule has 0 aliphatic carbocycles.